The fourth-order valence-electron chi connectivity index (χ4n) is 3.59. The van der Waals surface area contributed by atoms with Crippen LogP contribution in [0, 0.1) is 11.3 Å². The van der Waals surface area contributed by atoms with Crippen LogP contribution in [0.1, 0.15) is 72.1 Å². The van der Waals surface area contributed by atoms with Gasteiger partial charge in [0.2, 0.25) is 11.8 Å². The largest absolute Gasteiger partial charge is 0.353 e. The van der Waals surface area contributed by atoms with E-state index in [1.54, 1.807) is 0 Å². The third-order valence-electron chi connectivity index (χ3n) is 4.92. The van der Waals surface area contributed by atoms with E-state index in [1.165, 1.54) is 25.7 Å². The summed E-state index contributed by atoms with van der Waals surface area (Å²) < 4.78 is 0. The van der Waals surface area contributed by atoms with Crippen LogP contribution in [0.3, 0.4) is 0 Å². The average Bonchev–Trinajstić information content (AvgIpc) is 2.74. The first-order valence-corrected chi connectivity index (χ1v) is 8.97. The van der Waals surface area contributed by atoms with Crippen LogP contribution < -0.4 is 5.32 Å². The molecule has 2 rings (SSSR count). The van der Waals surface area contributed by atoms with Crippen LogP contribution in [-0.2, 0) is 9.59 Å². The molecule has 0 aromatic rings. The maximum atomic E-state index is 12.5. The molecule has 0 aromatic carbocycles. The quantitative estimate of drug-likeness (QED) is 0.797. The van der Waals surface area contributed by atoms with Crippen LogP contribution in [0.2, 0.25) is 0 Å². The van der Waals surface area contributed by atoms with Crippen LogP contribution in [0.5, 0.6) is 0 Å². The Hall–Kier alpha value is -1.06. The molecule has 2 amide bonds. The number of piperidine rings is 1. The van der Waals surface area contributed by atoms with E-state index >= 15 is 0 Å². The summed E-state index contributed by atoms with van der Waals surface area (Å²) in [5, 5.41) is 3.25. The number of amides is 2. The zero-order valence-corrected chi connectivity index (χ0v) is 14.5. The molecule has 2 fully saturated rings. The zero-order chi connectivity index (χ0) is 16.2. The van der Waals surface area contributed by atoms with Gasteiger partial charge in [-0.25, -0.2) is 0 Å². The second-order valence-corrected chi connectivity index (χ2v) is 8.04. The second-order valence-electron chi connectivity index (χ2n) is 8.04. The Morgan fingerprint density at radius 3 is 2.18 bits per heavy atom. The highest BCUT2D eigenvalue weighted by molar-refractivity contribution is 5.84. The van der Waals surface area contributed by atoms with Gasteiger partial charge < -0.3 is 10.2 Å². The highest BCUT2D eigenvalue weighted by atomic mass is 16.2. The Kier molecular flexibility index (Phi) is 5.87. The SMILES string of the molecule is CC(C)(C)C(=O)N1CCC[C@@H](C(=O)NC2CCCCCC2)C1. The molecule has 0 bridgehead atoms. The summed E-state index contributed by atoms with van der Waals surface area (Å²) in [6, 6.07) is 0.351. The number of carbonyl (C=O) groups is 2. The van der Waals surface area contributed by atoms with Gasteiger partial charge in [-0.2, -0.15) is 0 Å². The summed E-state index contributed by atoms with van der Waals surface area (Å²) in [6.07, 6.45) is 9.12. The molecule has 1 heterocycles. The van der Waals surface area contributed by atoms with E-state index in [-0.39, 0.29) is 23.1 Å². The Bertz CT molecular complexity index is 392. The van der Waals surface area contributed by atoms with E-state index in [9.17, 15) is 9.59 Å². The van der Waals surface area contributed by atoms with Crippen molar-refractivity contribution in [2.45, 2.75) is 78.2 Å². The van der Waals surface area contributed by atoms with E-state index < -0.39 is 0 Å². The van der Waals surface area contributed by atoms with Gasteiger partial charge in [0.05, 0.1) is 5.92 Å². The van der Waals surface area contributed by atoms with Gasteiger partial charge in [-0.15, -0.1) is 0 Å². The van der Waals surface area contributed by atoms with E-state index in [0.717, 1.165) is 32.2 Å². The lowest BCUT2D eigenvalue weighted by Crippen LogP contribution is -2.50. The van der Waals surface area contributed by atoms with Gasteiger partial charge >= 0.3 is 0 Å². The molecule has 4 heteroatoms. The summed E-state index contributed by atoms with van der Waals surface area (Å²) in [5.41, 5.74) is -0.361. The Morgan fingerprint density at radius 1 is 0.955 bits per heavy atom. The average molecular weight is 308 g/mol. The fourth-order valence-corrected chi connectivity index (χ4v) is 3.59. The first-order chi connectivity index (χ1) is 10.4. The number of likely N-dealkylation sites (tertiary alicyclic amines) is 1. The minimum atomic E-state index is -0.361. The van der Waals surface area contributed by atoms with Gasteiger partial charge in [0.15, 0.2) is 0 Å². The van der Waals surface area contributed by atoms with Crippen molar-refractivity contribution in [2.24, 2.45) is 11.3 Å². The zero-order valence-electron chi connectivity index (χ0n) is 14.5. The van der Waals surface area contributed by atoms with Crippen molar-refractivity contribution in [1.82, 2.24) is 10.2 Å². The molecule has 1 N–H and O–H groups in total. The Morgan fingerprint density at radius 2 is 1.59 bits per heavy atom. The number of carbonyl (C=O) groups excluding carboxylic acids is 2. The number of hydrogen-bond acceptors (Lipinski definition) is 2. The van der Waals surface area contributed by atoms with Crippen LogP contribution in [0.4, 0.5) is 0 Å². The molecule has 1 atom stereocenters. The third-order valence-corrected chi connectivity index (χ3v) is 4.92. The minimum absolute atomic E-state index is 0.0247. The van der Waals surface area contributed by atoms with Crippen molar-refractivity contribution in [3.63, 3.8) is 0 Å². The predicted molar refractivity (Wildman–Crippen MR) is 88.4 cm³/mol. The lowest BCUT2D eigenvalue weighted by atomic mass is 9.90. The van der Waals surface area contributed by atoms with Crippen molar-refractivity contribution in [2.75, 3.05) is 13.1 Å². The molecule has 0 unspecified atom stereocenters. The van der Waals surface area contributed by atoms with Gasteiger partial charge in [0.1, 0.15) is 0 Å². The number of hydrogen-bond donors (Lipinski definition) is 1. The molecule has 126 valence electrons. The molecule has 1 saturated carbocycles. The molecule has 0 aromatic heterocycles. The molecule has 22 heavy (non-hydrogen) atoms. The molecular weight excluding hydrogens is 276 g/mol. The molecule has 1 aliphatic heterocycles. The van der Waals surface area contributed by atoms with Crippen LogP contribution in [0.15, 0.2) is 0 Å². The molecule has 0 spiro atoms. The van der Waals surface area contributed by atoms with Gasteiger partial charge in [0.25, 0.3) is 0 Å². The summed E-state index contributed by atoms with van der Waals surface area (Å²) in [5.74, 6) is 0.307. The van der Waals surface area contributed by atoms with Crippen molar-refractivity contribution < 1.29 is 9.59 Å². The lowest BCUT2D eigenvalue weighted by molar-refractivity contribution is -0.142. The summed E-state index contributed by atoms with van der Waals surface area (Å²) in [6.45, 7) is 7.23. The Labute approximate surface area is 135 Å². The van der Waals surface area contributed by atoms with Crippen LogP contribution >= 0.6 is 0 Å². The van der Waals surface area contributed by atoms with E-state index in [1.807, 2.05) is 25.7 Å². The van der Waals surface area contributed by atoms with Gasteiger partial charge in [-0.3, -0.25) is 9.59 Å². The standard InChI is InChI=1S/C18H32N2O2/c1-18(2,3)17(22)20-12-8-9-14(13-20)16(21)19-15-10-6-4-5-7-11-15/h14-15H,4-13H2,1-3H3,(H,19,21)/t14-/m1/s1. The van der Waals surface area contributed by atoms with Crippen LogP contribution in [-0.4, -0.2) is 35.8 Å². The third kappa shape index (κ3) is 4.72. The maximum absolute atomic E-state index is 12.5. The van der Waals surface area contributed by atoms with Crippen molar-refractivity contribution >= 4 is 11.8 Å². The molecule has 4 nitrogen and oxygen atoms in total. The smallest absolute Gasteiger partial charge is 0.227 e. The fraction of sp³-hybridized carbons (Fsp3) is 0.889. The van der Waals surface area contributed by atoms with Gasteiger partial charge in [-0.05, 0) is 25.7 Å². The predicted octanol–water partition coefficient (Wildman–Crippen LogP) is 3.11. The topological polar surface area (TPSA) is 49.4 Å². The van der Waals surface area contributed by atoms with Crippen LogP contribution in [0.25, 0.3) is 0 Å². The summed E-state index contributed by atoms with van der Waals surface area (Å²) in [4.78, 5) is 26.9. The number of nitrogens with one attached hydrogen (secondary N) is 1. The molecule has 1 aliphatic carbocycles. The number of rotatable bonds is 2. The maximum Gasteiger partial charge on any atom is 0.227 e. The van der Waals surface area contributed by atoms with E-state index in [0.29, 0.717) is 12.6 Å². The monoisotopic (exact) mass is 308 g/mol. The molecular formula is C18H32N2O2. The van der Waals surface area contributed by atoms with E-state index in [4.69, 9.17) is 0 Å². The molecule has 1 saturated heterocycles. The summed E-state index contributed by atoms with van der Waals surface area (Å²) in [7, 11) is 0. The first kappa shape index (κ1) is 17.3. The van der Waals surface area contributed by atoms with Crippen molar-refractivity contribution in [3.05, 3.63) is 0 Å². The van der Waals surface area contributed by atoms with E-state index in [2.05, 4.69) is 5.32 Å². The van der Waals surface area contributed by atoms with Gasteiger partial charge in [-0.1, -0.05) is 46.5 Å². The molecule has 0 radical (unpaired) electrons. The number of nitrogens with zero attached hydrogens (tertiary/aromatic N) is 1. The highest BCUT2D eigenvalue weighted by Gasteiger charge is 2.33. The highest BCUT2D eigenvalue weighted by Crippen LogP contribution is 2.24. The first-order valence-electron chi connectivity index (χ1n) is 8.97. The second kappa shape index (κ2) is 7.47. The van der Waals surface area contributed by atoms with Crippen molar-refractivity contribution in [1.29, 1.82) is 0 Å². The van der Waals surface area contributed by atoms with Crippen molar-refractivity contribution in [3.8, 4) is 0 Å². The minimum Gasteiger partial charge on any atom is -0.353 e. The normalized spacial score (nSPS) is 24.7. The lowest BCUT2D eigenvalue weighted by Gasteiger charge is -2.36. The molecule has 2 aliphatic rings. The van der Waals surface area contributed by atoms with Gasteiger partial charge in [0, 0.05) is 24.5 Å². The summed E-state index contributed by atoms with van der Waals surface area (Å²) >= 11 is 0. The Balaban J connectivity index is 1.88.